The number of carbonyl (C=O) groups is 1. The summed E-state index contributed by atoms with van der Waals surface area (Å²) in [5.41, 5.74) is 2.57. The molecule has 2 aromatic carbocycles. The zero-order chi connectivity index (χ0) is 28.1. The van der Waals surface area contributed by atoms with Crippen molar-refractivity contribution in [2.45, 2.75) is 109 Å². The van der Waals surface area contributed by atoms with E-state index in [1.54, 1.807) is 12.1 Å². The van der Waals surface area contributed by atoms with Crippen LogP contribution in [-0.2, 0) is 20.9 Å². The average Bonchev–Trinajstić information content (AvgIpc) is 3.27. The van der Waals surface area contributed by atoms with Crippen molar-refractivity contribution in [1.29, 1.82) is 0 Å². The minimum absolute atomic E-state index is 0.0363. The van der Waals surface area contributed by atoms with Crippen LogP contribution in [0.25, 0.3) is 11.1 Å². The van der Waals surface area contributed by atoms with Crippen molar-refractivity contribution in [2.24, 2.45) is 5.92 Å². The lowest BCUT2D eigenvalue weighted by atomic mass is 9.97. The Morgan fingerprint density at radius 2 is 1.44 bits per heavy atom. The molecule has 7 heteroatoms. The Morgan fingerprint density at radius 1 is 0.846 bits per heavy atom. The summed E-state index contributed by atoms with van der Waals surface area (Å²) in [6, 6.07) is 15.1. The minimum atomic E-state index is -4.62. The number of esters is 1. The van der Waals surface area contributed by atoms with Gasteiger partial charge < -0.3 is 14.2 Å². The maximum absolute atomic E-state index is 13.7. The Kier molecular flexibility index (Phi) is 12.6. The Morgan fingerprint density at radius 3 is 2.03 bits per heavy atom. The van der Waals surface area contributed by atoms with E-state index in [0.29, 0.717) is 25.0 Å². The molecule has 0 radical (unpaired) electrons. The van der Waals surface area contributed by atoms with E-state index in [0.717, 1.165) is 23.3 Å². The van der Waals surface area contributed by atoms with Crippen LogP contribution < -0.4 is 4.74 Å². The van der Waals surface area contributed by atoms with Crippen molar-refractivity contribution >= 4 is 5.97 Å². The lowest BCUT2D eigenvalue weighted by Crippen LogP contribution is -2.42. The van der Waals surface area contributed by atoms with Gasteiger partial charge in [-0.3, -0.25) is 4.79 Å². The van der Waals surface area contributed by atoms with Crippen LogP contribution in [0.1, 0.15) is 90.0 Å². The van der Waals surface area contributed by atoms with E-state index in [1.807, 2.05) is 43.3 Å². The highest BCUT2D eigenvalue weighted by atomic mass is 19.4. The normalized spacial score (nSPS) is 18.2. The van der Waals surface area contributed by atoms with Crippen LogP contribution in [0.2, 0.25) is 0 Å². The van der Waals surface area contributed by atoms with E-state index in [9.17, 15) is 18.0 Å². The van der Waals surface area contributed by atoms with Crippen LogP contribution in [0.3, 0.4) is 0 Å². The molecule has 0 saturated carbocycles. The number of hydrogen-bond acceptors (Lipinski definition) is 4. The smallest absolute Gasteiger partial charge is 0.418 e. The summed E-state index contributed by atoms with van der Waals surface area (Å²) in [5, 5.41) is 0. The van der Waals surface area contributed by atoms with Crippen LogP contribution in [-0.4, -0.2) is 31.0 Å². The predicted octanol–water partition coefficient (Wildman–Crippen LogP) is 9.05. The molecule has 2 aromatic rings. The molecule has 216 valence electrons. The number of rotatable bonds is 17. The molecule has 0 N–H and O–H groups in total. The highest BCUT2D eigenvalue weighted by molar-refractivity contribution is 5.74. The standard InChI is InChI=1S/C32H43F3O4/c1-3-5-6-7-8-9-10-11-21-37-28-19-17-26(18-20-28)25-15-13-24(14-16-25)23-38-30(32(33,34)35)29-22-27(12-4-2)31(36)39-29/h13-20,27,29-30H,3-12,21-23H2,1-2H3/t27-,29+,30+/m1/s1. The number of carbonyl (C=O) groups excluding carboxylic acids is 1. The summed E-state index contributed by atoms with van der Waals surface area (Å²) >= 11 is 0. The van der Waals surface area contributed by atoms with Gasteiger partial charge in [0.1, 0.15) is 11.9 Å². The second kappa shape index (κ2) is 15.9. The fourth-order valence-corrected chi connectivity index (χ4v) is 5.00. The molecule has 1 aliphatic heterocycles. The van der Waals surface area contributed by atoms with Crippen LogP contribution in [0, 0.1) is 5.92 Å². The highest BCUT2D eigenvalue weighted by Crippen LogP contribution is 2.36. The molecular formula is C32H43F3O4. The third-order valence-electron chi connectivity index (χ3n) is 7.25. The van der Waals surface area contributed by atoms with Gasteiger partial charge in [-0.1, -0.05) is 102 Å². The number of benzene rings is 2. The van der Waals surface area contributed by atoms with Gasteiger partial charge in [0.25, 0.3) is 0 Å². The van der Waals surface area contributed by atoms with Gasteiger partial charge in [-0.05, 0) is 41.7 Å². The molecule has 0 bridgehead atoms. The third kappa shape index (κ3) is 10.2. The summed E-state index contributed by atoms with van der Waals surface area (Å²) in [6.07, 6.45) is 3.30. The monoisotopic (exact) mass is 548 g/mol. The third-order valence-corrected chi connectivity index (χ3v) is 7.25. The zero-order valence-electron chi connectivity index (χ0n) is 23.3. The van der Waals surface area contributed by atoms with E-state index in [2.05, 4.69) is 6.92 Å². The second-order valence-corrected chi connectivity index (χ2v) is 10.5. The van der Waals surface area contributed by atoms with E-state index in [1.165, 1.54) is 44.9 Å². The molecular weight excluding hydrogens is 505 g/mol. The maximum atomic E-state index is 13.7. The zero-order valence-corrected chi connectivity index (χ0v) is 23.3. The van der Waals surface area contributed by atoms with Gasteiger partial charge in [-0.25, -0.2) is 0 Å². The quantitative estimate of drug-likeness (QED) is 0.146. The first kappa shape index (κ1) is 31.0. The second-order valence-electron chi connectivity index (χ2n) is 10.5. The topological polar surface area (TPSA) is 44.8 Å². The summed E-state index contributed by atoms with van der Waals surface area (Å²) in [7, 11) is 0. The molecule has 4 nitrogen and oxygen atoms in total. The van der Waals surface area contributed by atoms with Crippen LogP contribution in [0.5, 0.6) is 5.75 Å². The van der Waals surface area contributed by atoms with Crippen molar-refractivity contribution < 1.29 is 32.2 Å². The Labute approximate surface area is 231 Å². The van der Waals surface area contributed by atoms with Gasteiger partial charge in [-0.2, -0.15) is 13.2 Å². The number of ether oxygens (including phenoxy) is 3. The van der Waals surface area contributed by atoms with Crippen molar-refractivity contribution in [3.63, 3.8) is 0 Å². The minimum Gasteiger partial charge on any atom is -0.494 e. The van der Waals surface area contributed by atoms with Gasteiger partial charge in [0.05, 0.1) is 19.1 Å². The lowest BCUT2D eigenvalue weighted by molar-refractivity contribution is -0.249. The Bertz CT molecular complexity index is 972. The van der Waals surface area contributed by atoms with Crippen LogP contribution in [0.4, 0.5) is 13.2 Å². The molecule has 3 atom stereocenters. The molecule has 0 spiro atoms. The molecule has 3 rings (SSSR count). The molecule has 0 unspecified atom stereocenters. The number of hydrogen-bond donors (Lipinski definition) is 0. The van der Waals surface area contributed by atoms with Crippen LogP contribution >= 0.6 is 0 Å². The Balaban J connectivity index is 1.44. The van der Waals surface area contributed by atoms with E-state index >= 15 is 0 Å². The number of unbranched alkanes of at least 4 members (excludes halogenated alkanes) is 7. The fourth-order valence-electron chi connectivity index (χ4n) is 5.00. The molecule has 0 amide bonds. The summed E-state index contributed by atoms with van der Waals surface area (Å²) < 4.78 is 57.3. The highest BCUT2D eigenvalue weighted by Gasteiger charge is 2.51. The predicted molar refractivity (Wildman–Crippen MR) is 148 cm³/mol. The molecule has 39 heavy (non-hydrogen) atoms. The molecule has 1 aliphatic rings. The molecule has 1 fully saturated rings. The van der Waals surface area contributed by atoms with Crippen molar-refractivity contribution in [1.82, 2.24) is 0 Å². The van der Waals surface area contributed by atoms with Gasteiger partial charge >= 0.3 is 12.1 Å². The maximum Gasteiger partial charge on any atom is 0.418 e. The number of halogens is 3. The van der Waals surface area contributed by atoms with E-state index < -0.39 is 30.3 Å². The van der Waals surface area contributed by atoms with E-state index in [-0.39, 0.29) is 13.0 Å². The lowest BCUT2D eigenvalue weighted by Gasteiger charge is -2.25. The van der Waals surface area contributed by atoms with E-state index in [4.69, 9.17) is 14.2 Å². The molecule has 1 saturated heterocycles. The first-order valence-electron chi connectivity index (χ1n) is 14.5. The Hall–Kier alpha value is -2.54. The van der Waals surface area contributed by atoms with Gasteiger partial charge in [0.2, 0.25) is 0 Å². The molecule has 1 heterocycles. The van der Waals surface area contributed by atoms with Crippen LogP contribution in [0.15, 0.2) is 48.5 Å². The SMILES string of the molecule is CCCCCCCCCCOc1ccc(-c2ccc(CO[C@@H]([C@@H]3C[C@@H](CCC)C(=O)O3)C(F)(F)F)cc2)cc1. The number of cyclic esters (lactones) is 1. The largest absolute Gasteiger partial charge is 0.494 e. The van der Waals surface area contributed by atoms with Crippen molar-refractivity contribution in [3.8, 4) is 16.9 Å². The summed E-state index contributed by atoms with van der Waals surface area (Å²) in [4.78, 5) is 11.9. The first-order valence-corrected chi connectivity index (χ1v) is 14.5. The summed E-state index contributed by atoms with van der Waals surface area (Å²) in [6.45, 7) is 4.61. The van der Waals surface area contributed by atoms with Gasteiger partial charge in [0.15, 0.2) is 6.10 Å². The van der Waals surface area contributed by atoms with Gasteiger partial charge in [0, 0.05) is 6.42 Å². The summed E-state index contributed by atoms with van der Waals surface area (Å²) in [5.74, 6) is -0.220. The first-order chi connectivity index (χ1) is 18.8. The van der Waals surface area contributed by atoms with Crippen molar-refractivity contribution in [2.75, 3.05) is 6.61 Å². The van der Waals surface area contributed by atoms with Crippen molar-refractivity contribution in [3.05, 3.63) is 54.1 Å². The fraction of sp³-hybridized carbons (Fsp3) is 0.594. The average molecular weight is 549 g/mol. The molecule has 0 aliphatic carbocycles. The molecule has 0 aromatic heterocycles. The van der Waals surface area contributed by atoms with Gasteiger partial charge in [-0.15, -0.1) is 0 Å². The number of alkyl halides is 3.